The van der Waals surface area contributed by atoms with Crippen LogP contribution >= 0.6 is 0 Å². The van der Waals surface area contributed by atoms with Gasteiger partial charge in [-0.2, -0.15) is 0 Å². The zero-order valence-corrected chi connectivity index (χ0v) is 16.6. The van der Waals surface area contributed by atoms with Gasteiger partial charge in [-0.3, -0.25) is 9.59 Å². The average molecular weight is 393 g/mol. The van der Waals surface area contributed by atoms with Crippen molar-refractivity contribution in [1.82, 2.24) is 10.2 Å². The van der Waals surface area contributed by atoms with Crippen molar-refractivity contribution < 1.29 is 18.0 Å². The van der Waals surface area contributed by atoms with Crippen molar-refractivity contribution >= 4 is 21.7 Å². The molecular weight excluding hydrogens is 364 g/mol. The first-order valence-electron chi connectivity index (χ1n) is 9.74. The number of sulfone groups is 1. The fourth-order valence-electron chi connectivity index (χ4n) is 3.91. The van der Waals surface area contributed by atoms with Gasteiger partial charge in [-0.1, -0.05) is 25.7 Å². The van der Waals surface area contributed by atoms with Crippen LogP contribution in [0.3, 0.4) is 0 Å². The van der Waals surface area contributed by atoms with Crippen molar-refractivity contribution in [2.75, 3.05) is 18.6 Å². The van der Waals surface area contributed by atoms with Gasteiger partial charge in [0.1, 0.15) is 0 Å². The summed E-state index contributed by atoms with van der Waals surface area (Å²) in [7, 11) is -1.40. The summed E-state index contributed by atoms with van der Waals surface area (Å²) in [6.45, 7) is 0. The van der Waals surface area contributed by atoms with Crippen LogP contribution in [0.5, 0.6) is 0 Å². The van der Waals surface area contributed by atoms with E-state index in [4.69, 9.17) is 0 Å². The summed E-state index contributed by atoms with van der Waals surface area (Å²) >= 11 is 0. The molecule has 2 fully saturated rings. The first-order valence-corrected chi connectivity index (χ1v) is 11.6. The Morgan fingerprint density at radius 2 is 1.56 bits per heavy atom. The first kappa shape index (κ1) is 19.9. The summed E-state index contributed by atoms with van der Waals surface area (Å²) in [4.78, 5) is 26.6. The molecule has 1 aliphatic heterocycles. The maximum absolute atomic E-state index is 12.6. The average Bonchev–Trinajstić information content (AvgIpc) is 2.84. The van der Waals surface area contributed by atoms with Crippen molar-refractivity contribution in [3.05, 3.63) is 35.4 Å². The molecule has 1 aliphatic carbocycles. The van der Waals surface area contributed by atoms with E-state index in [1.54, 1.807) is 31.3 Å². The van der Waals surface area contributed by atoms with Gasteiger partial charge < -0.3 is 10.2 Å². The number of rotatable bonds is 4. The molecule has 2 aliphatic rings. The topological polar surface area (TPSA) is 83.6 Å². The van der Waals surface area contributed by atoms with Crippen LogP contribution in [0.15, 0.2) is 24.3 Å². The molecule has 1 saturated heterocycles. The van der Waals surface area contributed by atoms with Crippen LogP contribution in [0.2, 0.25) is 0 Å². The van der Waals surface area contributed by atoms with Crippen LogP contribution in [0.25, 0.3) is 0 Å². The highest BCUT2D eigenvalue weighted by Crippen LogP contribution is 2.20. The highest BCUT2D eigenvalue weighted by Gasteiger charge is 2.33. The monoisotopic (exact) mass is 392 g/mol. The zero-order chi connectivity index (χ0) is 19.4. The standard InChI is InChI=1S/C20H28N2O4S/c1-22(18-12-13-27(25,26)14-18)20(24)16-10-8-15(9-11-16)19(23)21-17-6-4-2-3-5-7-17/h8-11,17-18H,2-7,12-14H2,1H3,(H,21,23). The van der Waals surface area contributed by atoms with Gasteiger partial charge in [0.2, 0.25) is 0 Å². The third-order valence-corrected chi connectivity index (χ3v) is 7.41. The molecule has 1 unspecified atom stereocenters. The molecule has 0 aromatic heterocycles. The van der Waals surface area contributed by atoms with Gasteiger partial charge in [-0.15, -0.1) is 0 Å². The molecule has 0 radical (unpaired) electrons. The van der Waals surface area contributed by atoms with Gasteiger partial charge >= 0.3 is 0 Å². The van der Waals surface area contributed by atoms with Gasteiger partial charge in [0, 0.05) is 30.3 Å². The SMILES string of the molecule is CN(C(=O)c1ccc(C(=O)NC2CCCCCC2)cc1)C1CCS(=O)(=O)C1. The Morgan fingerprint density at radius 1 is 0.963 bits per heavy atom. The van der Waals surface area contributed by atoms with Gasteiger partial charge in [0.05, 0.1) is 11.5 Å². The predicted molar refractivity (Wildman–Crippen MR) is 105 cm³/mol. The van der Waals surface area contributed by atoms with E-state index in [0.717, 1.165) is 25.7 Å². The molecule has 1 aromatic rings. The number of nitrogens with zero attached hydrogens (tertiary/aromatic N) is 1. The lowest BCUT2D eigenvalue weighted by Gasteiger charge is -2.23. The molecule has 6 nitrogen and oxygen atoms in total. The number of hydrogen-bond donors (Lipinski definition) is 1. The lowest BCUT2D eigenvalue weighted by Crippen LogP contribution is -2.38. The second-order valence-electron chi connectivity index (χ2n) is 7.71. The van der Waals surface area contributed by atoms with E-state index in [1.807, 2.05) is 0 Å². The van der Waals surface area contributed by atoms with Crippen molar-refractivity contribution in [2.24, 2.45) is 0 Å². The van der Waals surface area contributed by atoms with Crippen molar-refractivity contribution in [1.29, 1.82) is 0 Å². The van der Waals surface area contributed by atoms with Crippen LogP contribution in [-0.4, -0.2) is 55.8 Å². The second-order valence-corrected chi connectivity index (χ2v) is 9.94. The Bertz CT molecular complexity index is 781. The molecule has 0 bridgehead atoms. The minimum atomic E-state index is -3.04. The Hall–Kier alpha value is -1.89. The summed E-state index contributed by atoms with van der Waals surface area (Å²) in [5.41, 5.74) is 1.01. The quantitative estimate of drug-likeness (QED) is 0.798. The van der Waals surface area contributed by atoms with E-state index in [9.17, 15) is 18.0 Å². The van der Waals surface area contributed by atoms with Crippen LogP contribution in [0.1, 0.15) is 65.7 Å². The van der Waals surface area contributed by atoms with E-state index in [-0.39, 0.29) is 35.4 Å². The highest BCUT2D eigenvalue weighted by atomic mass is 32.2. The van der Waals surface area contributed by atoms with Gasteiger partial charge in [-0.25, -0.2) is 8.42 Å². The molecule has 3 rings (SSSR count). The molecule has 2 amide bonds. The maximum Gasteiger partial charge on any atom is 0.253 e. The summed E-state index contributed by atoms with van der Waals surface area (Å²) < 4.78 is 23.3. The smallest absolute Gasteiger partial charge is 0.253 e. The van der Waals surface area contributed by atoms with Crippen molar-refractivity contribution in [2.45, 2.75) is 57.0 Å². The van der Waals surface area contributed by atoms with E-state index in [1.165, 1.54) is 17.7 Å². The second kappa shape index (κ2) is 8.42. The van der Waals surface area contributed by atoms with E-state index >= 15 is 0 Å². The number of carbonyl (C=O) groups excluding carboxylic acids is 2. The molecule has 7 heteroatoms. The minimum absolute atomic E-state index is 0.0249. The summed E-state index contributed by atoms with van der Waals surface area (Å²) in [5.74, 6) is -0.156. The zero-order valence-electron chi connectivity index (χ0n) is 15.8. The molecule has 1 atom stereocenters. The first-order chi connectivity index (χ1) is 12.9. The van der Waals surface area contributed by atoms with Crippen LogP contribution in [-0.2, 0) is 9.84 Å². The Morgan fingerprint density at radius 3 is 2.11 bits per heavy atom. The van der Waals surface area contributed by atoms with Gasteiger partial charge in [0.25, 0.3) is 11.8 Å². The molecule has 0 spiro atoms. The molecule has 27 heavy (non-hydrogen) atoms. The van der Waals surface area contributed by atoms with Gasteiger partial charge in [0.15, 0.2) is 9.84 Å². The number of hydrogen-bond acceptors (Lipinski definition) is 4. The third kappa shape index (κ3) is 5.09. The normalized spacial score (nSPS) is 22.8. The Labute approximate surface area is 161 Å². The van der Waals surface area contributed by atoms with Crippen LogP contribution in [0, 0.1) is 0 Å². The fraction of sp³-hybridized carbons (Fsp3) is 0.600. The lowest BCUT2D eigenvalue weighted by molar-refractivity contribution is 0.0747. The summed E-state index contributed by atoms with van der Waals surface area (Å²) in [6, 6.07) is 6.57. The highest BCUT2D eigenvalue weighted by molar-refractivity contribution is 7.91. The van der Waals surface area contributed by atoms with Crippen LogP contribution in [0.4, 0.5) is 0 Å². The van der Waals surface area contributed by atoms with Crippen molar-refractivity contribution in [3.63, 3.8) is 0 Å². The number of benzene rings is 1. The molecule has 1 saturated carbocycles. The molecule has 1 N–H and O–H groups in total. The van der Waals surface area contributed by atoms with Crippen LogP contribution < -0.4 is 5.32 Å². The van der Waals surface area contributed by atoms with E-state index in [0.29, 0.717) is 17.5 Å². The molecule has 148 valence electrons. The maximum atomic E-state index is 12.6. The third-order valence-electron chi connectivity index (χ3n) is 5.66. The molecule has 1 heterocycles. The molecule has 1 aromatic carbocycles. The van der Waals surface area contributed by atoms with E-state index < -0.39 is 9.84 Å². The minimum Gasteiger partial charge on any atom is -0.349 e. The number of nitrogens with one attached hydrogen (secondary N) is 1. The summed E-state index contributed by atoms with van der Waals surface area (Å²) in [6.07, 6.45) is 7.31. The largest absolute Gasteiger partial charge is 0.349 e. The predicted octanol–water partition coefficient (Wildman–Crippen LogP) is 2.40. The number of carbonyl (C=O) groups is 2. The van der Waals surface area contributed by atoms with Crippen molar-refractivity contribution in [3.8, 4) is 0 Å². The molecular formula is C20H28N2O4S. The Kier molecular flexibility index (Phi) is 6.19. The fourth-order valence-corrected chi connectivity index (χ4v) is 5.68. The van der Waals surface area contributed by atoms with E-state index in [2.05, 4.69) is 5.32 Å². The lowest BCUT2D eigenvalue weighted by atomic mass is 10.1. The number of amides is 2. The Balaban J connectivity index is 1.60. The summed E-state index contributed by atoms with van der Waals surface area (Å²) in [5, 5.41) is 3.10. The van der Waals surface area contributed by atoms with Gasteiger partial charge in [-0.05, 0) is 43.5 Å².